The van der Waals surface area contributed by atoms with Crippen LogP contribution in [0.25, 0.3) is 10.8 Å². The fraction of sp³-hybridized carbons (Fsp3) is 0.292. The van der Waals surface area contributed by atoms with Crippen molar-refractivity contribution in [2.24, 2.45) is 5.73 Å². The normalized spacial score (nSPS) is 12.7. The maximum atomic E-state index is 13.4. The number of aliphatic hydroxyl groups excluding tert-OH is 1. The summed E-state index contributed by atoms with van der Waals surface area (Å²) in [6, 6.07) is 19.7. The van der Waals surface area contributed by atoms with E-state index in [1.54, 1.807) is 36.4 Å². The molecule has 1 unspecified atom stereocenters. The number of nitrogens with two attached hydrogens (primary N) is 1. The molecule has 8 heteroatoms. The number of rotatable bonds is 11. The molecule has 0 aliphatic rings. The minimum atomic E-state index is -3.75. The summed E-state index contributed by atoms with van der Waals surface area (Å²) in [5.74, 6) is -0.0120. The fourth-order valence-corrected chi connectivity index (χ4v) is 4.98. The zero-order chi connectivity index (χ0) is 23.1. The van der Waals surface area contributed by atoms with Crippen LogP contribution in [0.5, 0.6) is 0 Å². The molecule has 3 rings (SSSR count). The lowest BCUT2D eigenvalue weighted by Gasteiger charge is -2.25. The third-order valence-electron chi connectivity index (χ3n) is 5.27. The van der Waals surface area contributed by atoms with Crippen LogP contribution in [-0.4, -0.2) is 49.4 Å². The van der Waals surface area contributed by atoms with E-state index in [9.17, 15) is 13.5 Å². The van der Waals surface area contributed by atoms with Gasteiger partial charge in [-0.3, -0.25) is 5.41 Å². The topological polar surface area (TPSA) is 120 Å². The van der Waals surface area contributed by atoms with Gasteiger partial charge in [0.2, 0.25) is 10.0 Å². The number of nitrogen functional groups attached to an aromatic ring is 1. The van der Waals surface area contributed by atoms with Crippen molar-refractivity contribution >= 4 is 32.3 Å². The average molecular weight is 455 g/mol. The van der Waals surface area contributed by atoms with Crippen LogP contribution in [0.15, 0.2) is 71.6 Å². The van der Waals surface area contributed by atoms with E-state index >= 15 is 0 Å². The molecule has 0 aromatic heterocycles. The molecule has 0 fully saturated rings. The Labute approximate surface area is 189 Å². The summed E-state index contributed by atoms with van der Waals surface area (Å²) >= 11 is 0. The van der Waals surface area contributed by atoms with Crippen LogP contribution in [-0.2, 0) is 10.0 Å². The molecule has 0 heterocycles. The van der Waals surface area contributed by atoms with E-state index < -0.39 is 16.1 Å². The molecular weight excluding hydrogens is 424 g/mol. The molecule has 0 bridgehead atoms. The van der Waals surface area contributed by atoms with E-state index in [1.165, 1.54) is 4.31 Å². The van der Waals surface area contributed by atoms with E-state index in [0.717, 1.165) is 22.9 Å². The van der Waals surface area contributed by atoms with Crippen LogP contribution in [0.3, 0.4) is 0 Å². The van der Waals surface area contributed by atoms with Crippen LogP contribution in [0, 0.1) is 5.41 Å². The predicted octanol–water partition coefficient (Wildman–Crippen LogP) is 3.39. The number of hydrogen-bond donors (Lipinski definition) is 4. The van der Waals surface area contributed by atoms with Gasteiger partial charge in [-0.25, -0.2) is 8.42 Å². The van der Waals surface area contributed by atoms with Crippen molar-refractivity contribution in [3.63, 3.8) is 0 Å². The molecule has 7 nitrogen and oxygen atoms in total. The van der Waals surface area contributed by atoms with Gasteiger partial charge < -0.3 is 16.2 Å². The van der Waals surface area contributed by atoms with Crippen molar-refractivity contribution in [3.8, 4) is 0 Å². The number of fused-ring (bicyclic) bond motifs is 1. The van der Waals surface area contributed by atoms with Gasteiger partial charge in [0, 0.05) is 30.9 Å². The third kappa shape index (κ3) is 5.85. The summed E-state index contributed by atoms with van der Waals surface area (Å²) in [4.78, 5) is 0.229. The summed E-state index contributed by atoms with van der Waals surface area (Å²) in [7, 11) is -3.75. The molecule has 0 saturated heterocycles. The fourth-order valence-electron chi connectivity index (χ4n) is 3.42. The molecular formula is C24H30N4O3S. The van der Waals surface area contributed by atoms with Gasteiger partial charge in [0.1, 0.15) is 5.84 Å². The van der Waals surface area contributed by atoms with Gasteiger partial charge in [-0.15, -0.1) is 0 Å². The first-order valence-corrected chi connectivity index (χ1v) is 12.1. The Morgan fingerprint density at radius 3 is 2.44 bits per heavy atom. The smallest absolute Gasteiger partial charge is 0.243 e. The lowest BCUT2D eigenvalue weighted by Crippen LogP contribution is -2.40. The Bertz CT molecular complexity index is 1160. The lowest BCUT2D eigenvalue weighted by atomic mass is 10.1. The lowest BCUT2D eigenvalue weighted by molar-refractivity contribution is 0.156. The highest BCUT2D eigenvalue weighted by atomic mass is 32.2. The minimum Gasteiger partial charge on any atom is -0.390 e. The van der Waals surface area contributed by atoms with Gasteiger partial charge >= 0.3 is 0 Å². The summed E-state index contributed by atoms with van der Waals surface area (Å²) in [5.41, 5.74) is 6.83. The average Bonchev–Trinajstić information content (AvgIpc) is 2.80. The van der Waals surface area contributed by atoms with Crippen LogP contribution in [0.2, 0.25) is 0 Å². The highest BCUT2D eigenvalue weighted by Crippen LogP contribution is 2.22. The van der Waals surface area contributed by atoms with E-state index in [-0.39, 0.29) is 23.8 Å². The Morgan fingerprint density at radius 1 is 1.09 bits per heavy atom. The molecule has 0 radical (unpaired) electrons. The van der Waals surface area contributed by atoms with Gasteiger partial charge in [-0.1, -0.05) is 43.7 Å². The van der Waals surface area contributed by atoms with Gasteiger partial charge in [0.25, 0.3) is 0 Å². The molecule has 0 amide bonds. The van der Waals surface area contributed by atoms with Crippen molar-refractivity contribution in [2.75, 3.05) is 25.0 Å². The molecule has 0 aliphatic carbocycles. The van der Waals surface area contributed by atoms with Crippen molar-refractivity contribution in [1.29, 1.82) is 5.41 Å². The molecule has 3 aromatic carbocycles. The zero-order valence-electron chi connectivity index (χ0n) is 18.2. The quantitative estimate of drug-likeness (QED) is 0.262. The first-order chi connectivity index (χ1) is 15.3. The first kappa shape index (κ1) is 23.7. The molecule has 0 spiro atoms. The van der Waals surface area contributed by atoms with Crippen LogP contribution < -0.4 is 11.1 Å². The number of unbranched alkanes of at least 4 members (excludes halogenated alkanes) is 1. The summed E-state index contributed by atoms with van der Waals surface area (Å²) in [5, 5.41) is 23.0. The van der Waals surface area contributed by atoms with E-state index in [1.807, 2.05) is 37.3 Å². The van der Waals surface area contributed by atoms with Crippen molar-refractivity contribution in [3.05, 3.63) is 72.3 Å². The highest BCUT2D eigenvalue weighted by Gasteiger charge is 2.26. The molecule has 0 saturated carbocycles. The van der Waals surface area contributed by atoms with Gasteiger partial charge in [-0.2, -0.15) is 4.31 Å². The molecule has 32 heavy (non-hydrogen) atoms. The predicted molar refractivity (Wildman–Crippen MR) is 130 cm³/mol. The second-order valence-electron chi connectivity index (χ2n) is 7.75. The Hall–Kier alpha value is -2.94. The van der Waals surface area contributed by atoms with Crippen LogP contribution in [0.4, 0.5) is 5.69 Å². The second kappa shape index (κ2) is 10.6. The van der Waals surface area contributed by atoms with Crippen molar-refractivity contribution in [2.45, 2.75) is 30.8 Å². The number of nitrogens with one attached hydrogen (secondary N) is 2. The van der Waals surface area contributed by atoms with E-state index in [2.05, 4.69) is 5.32 Å². The molecule has 5 N–H and O–H groups in total. The summed E-state index contributed by atoms with van der Waals surface area (Å²) in [6.07, 6.45) is 0.662. The Kier molecular flexibility index (Phi) is 7.84. The molecule has 170 valence electrons. The standard InChI is InChI=1S/C24H30N4O3S/c1-2-3-14-28(17-22(29)16-27-21-11-8-19(9-12-21)24(25)26)32(30,31)23-13-10-18-6-4-5-7-20(18)15-23/h4-13,15,22,27,29H,2-3,14,16-17H2,1H3,(H3,25,26). The number of sulfonamides is 1. The maximum absolute atomic E-state index is 13.4. The van der Waals surface area contributed by atoms with Crippen LogP contribution >= 0.6 is 0 Å². The number of nitrogens with zero attached hydrogens (tertiary/aromatic N) is 1. The minimum absolute atomic E-state index is 0.00626. The molecule has 1 atom stereocenters. The number of benzene rings is 3. The van der Waals surface area contributed by atoms with E-state index in [4.69, 9.17) is 11.1 Å². The van der Waals surface area contributed by atoms with Crippen molar-refractivity contribution in [1.82, 2.24) is 4.31 Å². The zero-order valence-corrected chi connectivity index (χ0v) is 19.0. The monoisotopic (exact) mass is 454 g/mol. The van der Waals surface area contributed by atoms with Gasteiger partial charge in [0.05, 0.1) is 11.0 Å². The Balaban J connectivity index is 1.72. The summed E-state index contributed by atoms with van der Waals surface area (Å²) in [6.45, 7) is 2.53. The van der Waals surface area contributed by atoms with Gasteiger partial charge in [0.15, 0.2) is 0 Å². The Morgan fingerprint density at radius 2 is 1.78 bits per heavy atom. The van der Waals surface area contributed by atoms with Gasteiger partial charge in [-0.05, 0) is 53.6 Å². The number of aliphatic hydroxyl groups is 1. The third-order valence-corrected chi connectivity index (χ3v) is 7.13. The molecule has 3 aromatic rings. The summed E-state index contributed by atoms with van der Waals surface area (Å²) < 4.78 is 28.1. The number of hydrogen-bond acceptors (Lipinski definition) is 5. The van der Waals surface area contributed by atoms with Crippen LogP contribution in [0.1, 0.15) is 25.3 Å². The largest absolute Gasteiger partial charge is 0.390 e. The SMILES string of the molecule is CCCCN(CC(O)CNc1ccc(C(=N)N)cc1)S(=O)(=O)c1ccc2ccccc2c1. The highest BCUT2D eigenvalue weighted by molar-refractivity contribution is 7.89. The number of amidine groups is 1. The number of anilines is 1. The second-order valence-corrected chi connectivity index (χ2v) is 9.69. The maximum Gasteiger partial charge on any atom is 0.243 e. The molecule has 0 aliphatic heterocycles. The first-order valence-electron chi connectivity index (χ1n) is 10.7. The van der Waals surface area contributed by atoms with E-state index in [0.29, 0.717) is 18.5 Å². The van der Waals surface area contributed by atoms with Crippen molar-refractivity contribution < 1.29 is 13.5 Å².